The molecule has 0 radical (unpaired) electrons. The van der Waals surface area contributed by atoms with Gasteiger partial charge in [0.15, 0.2) is 0 Å². The fraction of sp³-hybridized carbons (Fsp3) is 0.154. The second-order valence-corrected chi connectivity index (χ2v) is 4.94. The van der Waals surface area contributed by atoms with Gasteiger partial charge in [-0.1, -0.05) is 11.6 Å². The van der Waals surface area contributed by atoms with Crippen molar-refractivity contribution in [1.82, 2.24) is 24.6 Å². The van der Waals surface area contributed by atoms with E-state index in [-0.39, 0.29) is 5.82 Å². The molecule has 0 aliphatic heterocycles. The fourth-order valence-electron chi connectivity index (χ4n) is 1.88. The normalized spacial score (nSPS) is 10.8. The summed E-state index contributed by atoms with van der Waals surface area (Å²) in [5, 5.41) is 7.24. The van der Waals surface area contributed by atoms with Gasteiger partial charge in [-0.15, -0.1) is 5.10 Å². The predicted octanol–water partition coefficient (Wildman–Crippen LogP) is 2.04. The maximum atomic E-state index is 12.1. The highest BCUT2D eigenvalue weighted by Crippen LogP contribution is 2.11. The van der Waals surface area contributed by atoms with Crippen LogP contribution in [-0.2, 0) is 0 Å². The molecule has 0 saturated heterocycles. The third kappa shape index (κ3) is 2.68. The number of nitrogens with zero attached hydrogens (tertiary/aromatic N) is 5. The lowest BCUT2D eigenvalue weighted by atomic mass is 10.4. The molecule has 3 heterocycles. The third-order valence-corrected chi connectivity index (χ3v) is 3.01. The lowest BCUT2D eigenvalue weighted by molar-refractivity contribution is 0.101. The Morgan fingerprint density at radius 2 is 2.10 bits per heavy atom. The zero-order valence-corrected chi connectivity index (χ0v) is 12.1. The quantitative estimate of drug-likeness (QED) is 0.783. The minimum atomic E-state index is -0.452. The highest BCUT2D eigenvalue weighted by molar-refractivity contribution is 6.30. The second kappa shape index (κ2) is 5.10. The Balaban J connectivity index is 1.91. The van der Waals surface area contributed by atoms with Crippen LogP contribution in [0.4, 0.5) is 5.82 Å². The van der Waals surface area contributed by atoms with Gasteiger partial charge in [0.2, 0.25) is 5.82 Å². The SMILES string of the molecule is Cc1cc(C)n2nc(C(=O)Nc3ccc(Cl)cn3)nc2n1. The van der Waals surface area contributed by atoms with Crippen LogP contribution in [0.2, 0.25) is 5.02 Å². The highest BCUT2D eigenvalue weighted by atomic mass is 35.5. The molecule has 8 heteroatoms. The Morgan fingerprint density at radius 1 is 1.29 bits per heavy atom. The van der Waals surface area contributed by atoms with Crippen molar-refractivity contribution in [3.63, 3.8) is 0 Å². The number of rotatable bonds is 2. The average Bonchev–Trinajstić information content (AvgIpc) is 2.85. The van der Waals surface area contributed by atoms with Crippen LogP contribution in [-0.4, -0.2) is 30.5 Å². The molecule has 7 nitrogen and oxygen atoms in total. The number of nitrogens with one attached hydrogen (secondary N) is 1. The molecule has 1 amide bonds. The molecule has 0 atom stereocenters. The smallest absolute Gasteiger partial charge is 0.296 e. The summed E-state index contributed by atoms with van der Waals surface area (Å²) in [5.41, 5.74) is 1.67. The number of hydrogen-bond acceptors (Lipinski definition) is 5. The predicted molar refractivity (Wildman–Crippen MR) is 77.5 cm³/mol. The van der Waals surface area contributed by atoms with E-state index in [1.807, 2.05) is 19.9 Å². The molecule has 0 fully saturated rings. The first-order chi connectivity index (χ1) is 10.0. The van der Waals surface area contributed by atoms with E-state index >= 15 is 0 Å². The number of pyridine rings is 1. The number of aryl methyl sites for hydroxylation is 2. The molecule has 106 valence electrons. The monoisotopic (exact) mass is 302 g/mol. The Kier molecular flexibility index (Phi) is 3.26. The summed E-state index contributed by atoms with van der Waals surface area (Å²) >= 11 is 5.74. The standard InChI is InChI=1S/C13H11ClN6O/c1-7-5-8(2)20-13(16-7)18-11(19-20)12(21)17-10-4-3-9(14)6-15-10/h3-6H,1-2H3,(H,15,17,21). The Labute approximate surface area is 125 Å². The van der Waals surface area contributed by atoms with Crippen LogP contribution < -0.4 is 5.32 Å². The Morgan fingerprint density at radius 3 is 2.81 bits per heavy atom. The van der Waals surface area contributed by atoms with E-state index in [2.05, 4.69) is 25.4 Å². The summed E-state index contributed by atoms with van der Waals surface area (Å²) < 4.78 is 1.53. The van der Waals surface area contributed by atoms with Gasteiger partial charge in [0.1, 0.15) is 5.82 Å². The van der Waals surface area contributed by atoms with Gasteiger partial charge in [0.25, 0.3) is 11.7 Å². The molecule has 0 bridgehead atoms. The highest BCUT2D eigenvalue weighted by Gasteiger charge is 2.15. The van der Waals surface area contributed by atoms with E-state index < -0.39 is 5.91 Å². The van der Waals surface area contributed by atoms with Crippen molar-refractivity contribution in [1.29, 1.82) is 0 Å². The molecule has 0 aliphatic rings. The van der Waals surface area contributed by atoms with E-state index in [9.17, 15) is 4.79 Å². The van der Waals surface area contributed by atoms with Gasteiger partial charge in [0.05, 0.1) is 5.02 Å². The maximum absolute atomic E-state index is 12.1. The fourth-order valence-corrected chi connectivity index (χ4v) is 2.00. The number of halogens is 1. The number of carbonyl (C=O) groups is 1. The topological polar surface area (TPSA) is 85.1 Å². The molecule has 0 saturated carbocycles. The lowest BCUT2D eigenvalue weighted by Crippen LogP contribution is -2.14. The van der Waals surface area contributed by atoms with Crippen LogP contribution in [0.5, 0.6) is 0 Å². The first kappa shape index (κ1) is 13.4. The van der Waals surface area contributed by atoms with Crippen LogP contribution in [0, 0.1) is 13.8 Å². The number of anilines is 1. The van der Waals surface area contributed by atoms with E-state index in [0.29, 0.717) is 16.6 Å². The van der Waals surface area contributed by atoms with Crippen molar-refractivity contribution in [2.24, 2.45) is 0 Å². The lowest BCUT2D eigenvalue weighted by Gasteiger charge is -2.00. The largest absolute Gasteiger partial charge is 0.304 e. The summed E-state index contributed by atoms with van der Waals surface area (Å²) in [6.45, 7) is 3.73. The Bertz CT molecular complexity index is 827. The minimum Gasteiger partial charge on any atom is -0.304 e. The van der Waals surface area contributed by atoms with Crippen molar-refractivity contribution in [2.45, 2.75) is 13.8 Å². The summed E-state index contributed by atoms with van der Waals surface area (Å²) in [4.78, 5) is 24.5. The summed E-state index contributed by atoms with van der Waals surface area (Å²) in [6.07, 6.45) is 1.45. The van der Waals surface area contributed by atoms with E-state index in [1.54, 1.807) is 12.1 Å². The molecule has 0 aromatic carbocycles. The molecule has 3 aromatic rings. The van der Waals surface area contributed by atoms with Crippen molar-refractivity contribution in [3.8, 4) is 0 Å². The zero-order chi connectivity index (χ0) is 15.0. The maximum Gasteiger partial charge on any atom is 0.296 e. The van der Waals surface area contributed by atoms with Gasteiger partial charge in [-0.05, 0) is 32.0 Å². The molecule has 3 aromatic heterocycles. The third-order valence-electron chi connectivity index (χ3n) is 2.79. The zero-order valence-electron chi connectivity index (χ0n) is 11.3. The van der Waals surface area contributed by atoms with Crippen LogP contribution >= 0.6 is 11.6 Å². The van der Waals surface area contributed by atoms with E-state index in [1.165, 1.54) is 10.7 Å². The van der Waals surface area contributed by atoms with Gasteiger partial charge >= 0.3 is 0 Å². The van der Waals surface area contributed by atoms with Crippen molar-refractivity contribution >= 4 is 29.1 Å². The number of amides is 1. The van der Waals surface area contributed by atoms with E-state index in [0.717, 1.165) is 11.4 Å². The molecule has 1 N–H and O–H groups in total. The second-order valence-electron chi connectivity index (χ2n) is 4.50. The van der Waals surface area contributed by atoms with Crippen molar-refractivity contribution < 1.29 is 4.79 Å². The molecule has 0 spiro atoms. The van der Waals surface area contributed by atoms with Gasteiger partial charge in [-0.3, -0.25) is 4.79 Å². The number of carbonyl (C=O) groups excluding carboxylic acids is 1. The summed E-state index contributed by atoms with van der Waals surface area (Å²) in [5.74, 6) is 0.353. The van der Waals surface area contributed by atoms with Crippen LogP contribution in [0.3, 0.4) is 0 Å². The van der Waals surface area contributed by atoms with Crippen LogP contribution in [0.25, 0.3) is 5.78 Å². The van der Waals surface area contributed by atoms with Gasteiger partial charge in [-0.2, -0.15) is 4.98 Å². The number of fused-ring (bicyclic) bond motifs is 1. The number of hydrogen-bond donors (Lipinski definition) is 1. The molecule has 3 rings (SSSR count). The number of aromatic nitrogens is 5. The van der Waals surface area contributed by atoms with Crippen LogP contribution in [0.15, 0.2) is 24.4 Å². The van der Waals surface area contributed by atoms with Crippen molar-refractivity contribution in [3.05, 3.63) is 46.6 Å². The first-order valence-electron chi connectivity index (χ1n) is 6.17. The molecular formula is C13H11ClN6O. The van der Waals surface area contributed by atoms with Gasteiger partial charge in [-0.25, -0.2) is 14.5 Å². The average molecular weight is 303 g/mol. The van der Waals surface area contributed by atoms with Crippen molar-refractivity contribution in [2.75, 3.05) is 5.32 Å². The summed E-state index contributed by atoms with van der Waals surface area (Å²) in [7, 11) is 0. The Hall–Kier alpha value is -2.54. The van der Waals surface area contributed by atoms with Gasteiger partial charge < -0.3 is 5.32 Å². The van der Waals surface area contributed by atoms with Crippen LogP contribution in [0.1, 0.15) is 22.0 Å². The summed E-state index contributed by atoms with van der Waals surface area (Å²) in [6, 6.07) is 5.10. The molecule has 0 aliphatic carbocycles. The molecule has 21 heavy (non-hydrogen) atoms. The molecular weight excluding hydrogens is 292 g/mol. The molecule has 0 unspecified atom stereocenters. The first-order valence-corrected chi connectivity index (χ1v) is 6.54. The van der Waals surface area contributed by atoms with E-state index in [4.69, 9.17) is 11.6 Å². The minimum absolute atomic E-state index is 0.0351. The van der Waals surface area contributed by atoms with Gasteiger partial charge in [0, 0.05) is 17.6 Å².